The molecule has 0 saturated carbocycles. The third-order valence-electron chi connectivity index (χ3n) is 2.99. The predicted molar refractivity (Wildman–Crippen MR) is 62.6 cm³/mol. The van der Waals surface area contributed by atoms with E-state index in [-0.39, 0.29) is 18.6 Å². The minimum atomic E-state index is -0.888. The number of hydrogen-bond acceptors (Lipinski definition) is 3. The summed E-state index contributed by atoms with van der Waals surface area (Å²) in [7, 11) is 0. The summed E-state index contributed by atoms with van der Waals surface area (Å²) in [5, 5.41) is 11.3. The molecule has 1 amide bonds. The van der Waals surface area contributed by atoms with Crippen molar-refractivity contribution in [2.24, 2.45) is 5.92 Å². The number of aliphatic carboxylic acids is 1. The molecule has 0 spiro atoms. The van der Waals surface area contributed by atoms with Crippen molar-refractivity contribution in [2.75, 3.05) is 13.2 Å². The lowest BCUT2D eigenvalue weighted by atomic mass is 10.0. The average molecular weight is 243 g/mol. The van der Waals surface area contributed by atoms with Crippen LogP contribution in [0, 0.1) is 5.92 Å². The van der Waals surface area contributed by atoms with Gasteiger partial charge in [0.05, 0.1) is 12.0 Å². The highest BCUT2D eigenvalue weighted by Gasteiger charge is 2.16. The van der Waals surface area contributed by atoms with Crippen LogP contribution in [0.3, 0.4) is 0 Å². The van der Waals surface area contributed by atoms with Gasteiger partial charge in [0.15, 0.2) is 0 Å². The molecule has 0 bridgehead atoms. The number of hydrogen-bond donors (Lipinski definition) is 2. The molecule has 1 aliphatic heterocycles. The highest BCUT2D eigenvalue weighted by molar-refractivity contribution is 5.77. The van der Waals surface area contributed by atoms with Crippen molar-refractivity contribution in [1.29, 1.82) is 0 Å². The number of amides is 1. The lowest BCUT2D eigenvalue weighted by Gasteiger charge is -2.22. The van der Waals surface area contributed by atoms with Crippen molar-refractivity contribution in [3.05, 3.63) is 0 Å². The highest BCUT2D eigenvalue weighted by atomic mass is 16.5. The molecular weight excluding hydrogens is 222 g/mol. The van der Waals surface area contributed by atoms with Gasteiger partial charge >= 0.3 is 5.97 Å². The zero-order valence-corrected chi connectivity index (χ0v) is 10.3. The molecule has 0 aromatic carbocycles. The molecule has 0 aliphatic carbocycles. The Morgan fingerprint density at radius 1 is 1.47 bits per heavy atom. The summed E-state index contributed by atoms with van der Waals surface area (Å²) in [5.41, 5.74) is 0. The molecular formula is C12H21NO4. The lowest BCUT2D eigenvalue weighted by molar-refractivity contribution is -0.141. The number of nitrogens with one attached hydrogen (secondary N) is 1. The van der Waals surface area contributed by atoms with Gasteiger partial charge in [-0.2, -0.15) is 0 Å². The highest BCUT2D eigenvalue weighted by Crippen LogP contribution is 2.16. The molecule has 0 aromatic rings. The molecule has 1 aliphatic rings. The summed E-state index contributed by atoms with van der Waals surface area (Å²) >= 11 is 0. The molecule has 1 fully saturated rings. The Morgan fingerprint density at radius 3 is 2.82 bits per heavy atom. The molecule has 1 saturated heterocycles. The maximum atomic E-state index is 11.5. The van der Waals surface area contributed by atoms with Gasteiger partial charge in [-0.05, 0) is 25.7 Å². The second-order valence-corrected chi connectivity index (χ2v) is 4.57. The van der Waals surface area contributed by atoms with Gasteiger partial charge in [-0.3, -0.25) is 9.59 Å². The first-order valence-electron chi connectivity index (χ1n) is 6.20. The van der Waals surface area contributed by atoms with E-state index in [0.717, 1.165) is 25.9 Å². The quantitative estimate of drug-likeness (QED) is 0.734. The number of carbonyl (C=O) groups is 2. The van der Waals surface area contributed by atoms with Crippen LogP contribution in [0.1, 0.15) is 39.0 Å². The molecule has 2 atom stereocenters. The van der Waals surface area contributed by atoms with E-state index >= 15 is 0 Å². The van der Waals surface area contributed by atoms with Crippen LogP contribution in [-0.4, -0.2) is 36.2 Å². The Morgan fingerprint density at radius 2 is 2.24 bits per heavy atom. The molecule has 0 radical (unpaired) electrons. The van der Waals surface area contributed by atoms with Crippen LogP contribution in [0.25, 0.3) is 0 Å². The van der Waals surface area contributed by atoms with Gasteiger partial charge in [-0.15, -0.1) is 0 Å². The Balaban J connectivity index is 2.10. The zero-order chi connectivity index (χ0) is 12.7. The Labute approximate surface area is 102 Å². The van der Waals surface area contributed by atoms with Crippen molar-refractivity contribution in [3.63, 3.8) is 0 Å². The van der Waals surface area contributed by atoms with E-state index in [0.29, 0.717) is 6.42 Å². The SMILES string of the molecule is CC(CNC(=O)CCC1CCCCO1)C(=O)O. The summed E-state index contributed by atoms with van der Waals surface area (Å²) in [6.07, 6.45) is 4.65. The van der Waals surface area contributed by atoms with E-state index in [1.165, 1.54) is 6.42 Å². The van der Waals surface area contributed by atoms with Crippen molar-refractivity contribution >= 4 is 11.9 Å². The molecule has 0 aromatic heterocycles. The molecule has 5 heteroatoms. The van der Waals surface area contributed by atoms with Crippen LogP contribution in [0.2, 0.25) is 0 Å². The standard InChI is InChI=1S/C12H21NO4/c1-9(12(15)16)8-13-11(14)6-5-10-4-2-3-7-17-10/h9-10H,2-8H2,1H3,(H,13,14)(H,15,16). The van der Waals surface area contributed by atoms with E-state index in [1.54, 1.807) is 6.92 Å². The van der Waals surface area contributed by atoms with Gasteiger partial charge < -0.3 is 15.2 Å². The lowest BCUT2D eigenvalue weighted by Crippen LogP contribution is -2.32. The maximum Gasteiger partial charge on any atom is 0.308 e. The Hall–Kier alpha value is -1.10. The summed E-state index contributed by atoms with van der Waals surface area (Å²) in [4.78, 5) is 22.0. The van der Waals surface area contributed by atoms with Crippen LogP contribution in [0.15, 0.2) is 0 Å². The first kappa shape index (κ1) is 14.0. The number of carbonyl (C=O) groups excluding carboxylic acids is 1. The number of carboxylic acid groups (broad SMARTS) is 1. The van der Waals surface area contributed by atoms with Crippen LogP contribution in [0.5, 0.6) is 0 Å². The zero-order valence-electron chi connectivity index (χ0n) is 10.3. The molecule has 2 N–H and O–H groups in total. The number of rotatable bonds is 6. The average Bonchev–Trinajstić information content (AvgIpc) is 2.34. The summed E-state index contributed by atoms with van der Waals surface area (Å²) in [6, 6.07) is 0. The van der Waals surface area contributed by atoms with Crippen LogP contribution in [-0.2, 0) is 14.3 Å². The van der Waals surface area contributed by atoms with Crippen molar-refractivity contribution in [1.82, 2.24) is 5.32 Å². The van der Waals surface area contributed by atoms with Gasteiger partial charge in [-0.1, -0.05) is 6.92 Å². The van der Waals surface area contributed by atoms with E-state index in [9.17, 15) is 9.59 Å². The summed E-state index contributed by atoms with van der Waals surface area (Å²) in [5.74, 6) is -1.52. The van der Waals surface area contributed by atoms with E-state index in [4.69, 9.17) is 9.84 Å². The molecule has 17 heavy (non-hydrogen) atoms. The molecule has 2 unspecified atom stereocenters. The summed E-state index contributed by atoms with van der Waals surface area (Å²) in [6.45, 7) is 2.56. The first-order valence-corrected chi connectivity index (χ1v) is 6.20. The minimum Gasteiger partial charge on any atom is -0.481 e. The number of carboxylic acids is 1. The molecule has 1 rings (SSSR count). The van der Waals surface area contributed by atoms with Crippen LogP contribution in [0.4, 0.5) is 0 Å². The first-order chi connectivity index (χ1) is 8.09. The third-order valence-corrected chi connectivity index (χ3v) is 2.99. The summed E-state index contributed by atoms with van der Waals surface area (Å²) < 4.78 is 5.52. The van der Waals surface area contributed by atoms with Gasteiger partial charge in [0, 0.05) is 19.6 Å². The second kappa shape index (κ2) is 7.27. The van der Waals surface area contributed by atoms with Crippen LogP contribution < -0.4 is 5.32 Å². The topological polar surface area (TPSA) is 75.6 Å². The fourth-order valence-corrected chi connectivity index (χ4v) is 1.77. The fourth-order valence-electron chi connectivity index (χ4n) is 1.77. The maximum absolute atomic E-state index is 11.5. The Bertz CT molecular complexity index is 261. The van der Waals surface area contributed by atoms with E-state index < -0.39 is 11.9 Å². The monoisotopic (exact) mass is 243 g/mol. The smallest absolute Gasteiger partial charge is 0.308 e. The fraction of sp³-hybridized carbons (Fsp3) is 0.833. The van der Waals surface area contributed by atoms with Gasteiger partial charge in [0.25, 0.3) is 0 Å². The Kier molecular flexibility index (Phi) is 5.97. The normalized spacial score (nSPS) is 21.8. The molecule has 5 nitrogen and oxygen atoms in total. The van der Waals surface area contributed by atoms with Gasteiger partial charge in [-0.25, -0.2) is 0 Å². The second-order valence-electron chi connectivity index (χ2n) is 4.57. The van der Waals surface area contributed by atoms with Crippen molar-refractivity contribution < 1.29 is 19.4 Å². The van der Waals surface area contributed by atoms with Gasteiger partial charge in [0.1, 0.15) is 0 Å². The van der Waals surface area contributed by atoms with Gasteiger partial charge in [0.2, 0.25) is 5.91 Å². The van der Waals surface area contributed by atoms with Crippen LogP contribution >= 0.6 is 0 Å². The number of ether oxygens (including phenoxy) is 1. The van der Waals surface area contributed by atoms with Crippen molar-refractivity contribution in [2.45, 2.75) is 45.1 Å². The molecule has 1 heterocycles. The predicted octanol–water partition coefficient (Wildman–Crippen LogP) is 1.17. The third kappa shape index (κ3) is 5.68. The molecule has 98 valence electrons. The largest absolute Gasteiger partial charge is 0.481 e. The van der Waals surface area contributed by atoms with E-state index in [1.807, 2.05) is 0 Å². The minimum absolute atomic E-state index is 0.0905. The van der Waals surface area contributed by atoms with E-state index in [2.05, 4.69) is 5.32 Å². The van der Waals surface area contributed by atoms with Crippen molar-refractivity contribution in [3.8, 4) is 0 Å².